The predicted molar refractivity (Wildman–Crippen MR) is 84.4 cm³/mol. The van der Waals surface area contributed by atoms with Crippen LogP contribution in [0.5, 0.6) is 0 Å². The maximum atomic E-state index is 12.3. The first-order chi connectivity index (χ1) is 10.4. The molecule has 4 heteroatoms. The van der Waals surface area contributed by atoms with Crippen molar-refractivity contribution in [1.29, 1.82) is 0 Å². The van der Waals surface area contributed by atoms with Crippen molar-refractivity contribution in [3.63, 3.8) is 0 Å². The van der Waals surface area contributed by atoms with Crippen molar-refractivity contribution in [3.05, 3.63) is 35.9 Å². The Morgan fingerprint density at radius 2 is 2.00 bits per heavy atom. The molecule has 1 aromatic rings. The quantitative estimate of drug-likeness (QED) is 0.800. The normalized spacial score (nSPS) is 22.9. The van der Waals surface area contributed by atoms with Gasteiger partial charge in [0.2, 0.25) is 0 Å². The van der Waals surface area contributed by atoms with Crippen LogP contribution in [0.1, 0.15) is 39.2 Å². The second-order valence-electron chi connectivity index (χ2n) is 6.75. The summed E-state index contributed by atoms with van der Waals surface area (Å²) in [6.07, 6.45) is 1.28. The molecule has 122 valence electrons. The van der Waals surface area contributed by atoms with Crippen LogP contribution in [0.3, 0.4) is 0 Å². The van der Waals surface area contributed by atoms with Crippen LogP contribution in [0.2, 0.25) is 0 Å². The van der Waals surface area contributed by atoms with Crippen LogP contribution in [-0.2, 0) is 25.6 Å². The Morgan fingerprint density at radius 3 is 2.68 bits per heavy atom. The summed E-state index contributed by atoms with van der Waals surface area (Å²) in [7, 11) is 0. The summed E-state index contributed by atoms with van der Waals surface area (Å²) in [5, 5.41) is 0. The molecule has 4 nitrogen and oxygen atoms in total. The maximum Gasteiger partial charge on any atom is 0.309 e. The Morgan fingerprint density at radius 1 is 1.27 bits per heavy atom. The van der Waals surface area contributed by atoms with Crippen LogP contribution in [0, 0.1) is 5.92 Å². The molecule has 0 bridgehead atoms. The number of rotatable bonds is 4. The second-order valence-corrected chi connectivity index (χ2v) is 6.75. The van der Waals surface area contributed by atoms with Crippen molar-refractivity contribution >= 4 is 5.97 Å². The number of esters is 1. The number of hydrogen-bond acceptors (Lipinski definition) is 4. The number of carbonyl (C=O) groups is 1. The van der Waals surface area contributed by atoms with Gasteiger partial charge in [-0.3, -0.25) is 4.79 Å². The molecule has 2 unspecified atom stereocenters. The van der Waals surface area contributed by atoms with E-state index in [9.17, 15) is 4.79 Å². The fraction of sp³-hybridized carbons (Fsp3) is 0.611. The van der Waals surface area contributed by atoms with Crippen LogP contribution >= 0.6 is 0 Å². The highest BCUT2D eigenvalue weighted by molar-refractivity contribution is 5.73. The fourth-order valence-corrected chi connectivity index (χ4v) is 2.45. The molecule has 0 radical (unpaired) electrons. The van der Waals surface area contributed by atoms with E-state index >= 15 is 0 Å². The lowest BCUT2D eigenvalue weighted by Crippen LogP contribution is -2.31. The summed E-state index contributed by atoms with van der Waals surface area (Å²) in [5.41, 5.74) is 0.672. The van der Waals surface area contributed by atoms with E-state index in [0.717, 1.165) is 5.56 Å². The van der Waals surface area contributed by atoms with Gasteiger partial charge in [0.1, 0.15) is 5.60 Å². The van der Waals surface area contributed by atoms with E-state index in [1.807, 2.05) is 51.1 Å². The topological polar surface area (TPSA) is 44.8 Å². The third kappa shape index (κ3) is 5.78. The predicted octanol–water partition coefficient (Wildman–Crippen LogP) is 3.34. The summed E-state index contributed by atoms with van der Waals surface area (Å²) < 4.78 is 17.0. The molecule has 0 aromatic heterocycles. The molecule has 2 atom stereocenters. The number of ether oxygens (including phenoxy) is 3. The molecular weight excluding hydrogens is 280 g/mol. The fourth-order valence-electron chi connectivity index (χ4n) is 2.45. The van der Waals surface area contributed by atoms with Crippen LogP contribution < -0.4 is 0 Å². The zero-order valence-corrected chi connectivity index (χ0v) is 13.7. The molecule has 1 saturated heterocycles. The van der Waals surface area contributed by atoms with Crippen LogP contribution in [0.25, 0.3) is 0 Å². The zero-order valence-electron chi connectivity index (χ0n) is 13.7. The van der Waals surface area contributed by atoms with Crippen LogP contribution in [-0.4, -0.2) is 30.9 Å². The van der Waals surface area contributed by atoms with Gasteiger partial charge in [0.15, 0.2) is 0 Å². The molecule has 0 aliphatic carbocycles. The van der Waals surface area contributed by atoms with E-state index in [2.05, 4.69) is 0 Å². The lowest BCUT2D eigenvalue weighted by Gasteiger charge is -2.24. The van der Waals surface area contributed by atoms with E-state index in [1.54, 1.807) is 0 Å². The van der Waals surface area contributed by atoms with Crippen molar-refractivity contribution < 1.29 is 19.0 Å². The SMILES string of the molecule is CC(C)(C)OC(=O)C1CCOCC(OCc2ccccc2)C1. The van der Waals surface area contributed by atoms with Crippen molar-refractivity contribution in [1.82, 2.24) is 0 Å². The number of carbonyl (C=O) groups excluding carboxylic acids is 1. The van der Waals surface area contributed by atoms with Gasteiger partial charge < -0.3 is 14.2 Å². The molecule has 1 aromatic carbocycles. The van der Waals surface area contributed by atoms with Gasteiger partial charge in [-0.05, 0) is 39.2 Å². The lowest BCUT2D eigenvalue weighted by atomic mass is 9.99. The highest BCUT2D eigenvalue weighted by atomic mass is 16.6. The minimum Gasteiger partial charge on any atom is -0.460 e. The van der Waals surface area contributed by atoms with Crippen molar-refractivity contribution in [3.8, 4) is 0 Å². The summed E-state index contributed by atoms with van der Waals surface area (Å²) in [6.45, 7) is 7.32. The molecule has 0 spiro atoms. The Kier molecular flexibility index (Phi) is 5.98. The van der Waals surface area contributed by atoms with Gasteiger partial charge in [0.05, 0.1) is 25.2 Å². The van der Waals surface area contributed by atoms with Gasteiger partial charge >= 0.3 is 5.97 Å². The zero-order chi connectivity index (χ0) is 16.0. The van der Waals surface area contributed by atoms with Gasteiger partial charge in [-0.25, -0.2) is 0 Å². The molecule has 0 saturated carbocycles. The Labute approximate surface area is 132 Å². The Hall–Kier alpha value is -1.39. The lowest BCUT2D eigenvalue weighted by molar-refractivity contribution is -0.161. The van der Waals surface area contributed by atoms with E-state index < -0.39 is 5.60 Å². The van der Waals surface area contributed by atoms with Gasteiger partial charge in [0.25, 0.3) is 0 Å². The molecule has 1 fully saturated rings. The smallest absolute Gasteiger partial charge is 0.309 e. The molecule has 22 heavy (non-hydrogen) atoms. The van der Waals surface area contributed by atoms with Crippen molar-refractivity contribution in [2.24, 2.45) is 5.92 Å². The third-order valence-corrected chi connectivity index (χ3v) is 3.53. The highest BCUT2D eigenvalue weighted by Gasteiger charge is 2.30. The first-order valence-corrected chi connectivity index (χ1v) is 7.90. The molecule has 1 aliphatic rings. The minimum atomic E-state index is -0.454. The average Bonchev–Trinajstić information content (AvgIpc) is 2.70. The van der Waals surface area contributed by atoms with Gasteiger partial charge in [0, 0.05) is 6.61 Å². The number of benzene rings is 1. The summed E-state index contributed by atoms with van der Waals surface area (Å²) in [5.74, 6) is -0.297. The molecule has 0 N–H and O–H groups in total. The minimum absolute atomic E-state index is 0.0692. The molecule has 1 aliphatic heterocycles. The largest absolute Gasteiger partial charge is 0.460 e. The maximum absolute atomic E-state index is 12.3. The summed E-state index contributed by atoms with van der Waals surface area (Å²) >= 11 is 0. The van der Waals surface area contributed by atoms with E-state index in [0.29, 0.717) is 32.7 Å². The molecule has 1 heterocycles. The standard InChI is InChI=1S/C18H26O4/c1-18(2,3)22-17(19)15-9-10-20-13-16(11-15)21-12-14-7-5-4-6-8-14/h4-8,15-16H,9-13H2,1-3H3. The Bertz CT molecular complexity index is 464. The van der Waals surface area contributed by atoms with Crippen molar-refractivity contribution in [2.45, 2.75) is 51.9 Å². The highest BCUT2D eigenvalue weighted by Crippen LogP contribution is 2.23. The van der Waals surface area contributed by atoms with Crippen LogP contribution in [0.15, 0.2) is 30.3 Å². The summed E-state index contributed by atoms with van der Waals surface area (Å²) in [4.78, 5) is 12.3. The van der Waals surface area contributed by atoms with E-state index in [-0.39, 0.29) is 18.0 Å². The average molecular weight is 306 g/mol. The van der Waals surface area contributed by atoms with Gasteiger partial charge in [-0.2, -0.15) is 0 Å². The summed E-state index contributed by atoms with van der Waals surface area (Å²) in [6, 6.07) is 10.0. The monoisotopic (exact) mass is 306 g/mol. The first-order valence-electron chi connectivity index (χ1n) is 7.90. The molecule has 0 amide bonds. The van der Waals surface area contributed by atoms with Crippen LogP contribution in [0.4, 0.5) is 0 Å². The molecular formula is C18H26O4. The van der Waals surface area contributed by atoms with E-state index in [1.165, 1.54) is 0 Å². The Balaban J connectivity index is 1.88. The first kappa shape index (κ1) is 17.0. The molecule has 2 rings (SSSR count). The van der Waals surface area contributed by atoms with E-state index in [4.69, 9.17) is 14.2 Å². The van der Waals surface area contributed by atoms with Gasteiger partial charge in [-0.15, -0.1) is 0 Å². The van der Waals surface area contributed by atoms with Gasteiger partial charge in [-0.1, -0.05) is 30.3 Å². The second kappa shape index (κ2) is 7.75. The number of hydrogen-bond donors (Lipinski definition) is 0. The van der Waals surface area contributed by atoms with Crippen molar-refractivity contribution in [2.75, 3.05) is 13.2 Å². The third-order valence-electron chi connectivity index (χ3n) is 3.53.